The van der Waals surface area contributed by atoms with Gasteiger partial charge in [-0.25, -0.2) is 5.01 Å². The fraction of sp³-hybridized carbons (Fsp3) is 0.867. The van der Waals surface area contributed by atoms with E-state index in [1.54, 1.807) is 5.01 Å². The Bertz CT molecular complexity index is 370. The maximum Gasteiger partial charge on any atom is 0.251 e. The van der Waals surface area contributed by atoms with Crippen molar-refractivity contribution in [3.63, 3.8) is 0 Å². The molecule has 5 heteroatoms. The van der Waals surface area contributed by atoms with Crippen LogP contribution in [0.3, 0.4) is 0 Å². The summed E-state index contributed by atoms with van der Waals surface area (Å²) in [5, 5.41) is 16.4. The van der Waals surface area contributed by atoms with E-state index in [-0.39, 0.29) is 17.9 Å². The minimum absolute atomic E-state index is 0.0462. The van der Waals surface area contributed by atoms with Crippen LogP contribution in [0.1, 0.15) is 58.3 Å². The number of hydrogen-bond donors (Lipinski definition) is 2. The van der Waals surface area contributed by atoms with Gasteiger partial charge in [0.25, 0.3) is 5.91 Å². The van der Waals surface area contributed by atoms with Crippen LogP contribution >= 0.6 is 0 Å². The Hall–Kier alpha value is -0.940. The van der Waals surface area contributed by atoms with E-state index >= 15 is 0 Å². The van der Waals surface area contributed by atoms with Crippen LogP contribution in [-0.4, -0.2) is 40.4 Å². The number of nitrogens with two attached hydrogens (primary N) is 1. The molecule has 1 fully saturated rings. The van der Waals surface area contributed by atoms with E-state index in [0.717, 1.165) is 50.7 Å². The highest BCUT2D eigenvalue weighted by Gasteiger charge is 2.40. The molecule has 5 nitrogen and oxygen atoms in total. The predicted molar refractivity (Wildman–Crippen MR) is 79.2 cm³/mol. The van der Waals surface area contributed by atoms with Gasteiger partial charge in [-0.05, 0) is 32.2 Å². The van der Waals surface area contributed by atoms with Crippen molar-refractivity contribution in [3.05, 3.63) is 0 Å². The van der Waals surface area contributed by atoms with Crippen molar-refractivity contribution in [2.24, 2.45) is 16.8 Å². The highest BCUT2D eigenvalue weighted by atomic mass is 16.3. The summed E-state index contributed by atoms with van der Waals surface area (Å²) in [4.78, 5) is 12.6. The first-order valence-electron chi connectivity index (χ1n) is 7.97. The van der Waals surface area contributed by atoms with Crippen LogP contribution in [0.25, 0.3) is 0 Å². The molecule has 1 amide bonds. The number of hydrogen-bond acceptors (Lipinski definition) is 4. The van der Waals surface area contributed by atoms with Crippen LogP contribution in [0.2, 0.25) is 0 Å². The van der Waals surface area contributed by atoms with E-state index in [1.807, 2.05) is 0 Å². The van der Waals surface area contributed by atoms with E-state index in [4.69, 9.17) is 5.73 Å². The lowest BCUT2D eigenvalue weighted by molar-refractivity contribution is -0.136. The molecule has 1 aliphatic carbocycles. The summed E-state index contributed by atoms with van der Waals surface area (Å²) in [5.41, 5.74) is 6.59. The minimum atomic E-state index is -0.440. The number of carbonyl (C=O) groups excluding carboxylic acids is 1. The smallest absolute Gasteiger partial charge is 0.251 e. The minimum Gasteiger partial charge on any atom is -0.391 e. The zero-order valence-corrected chi connectivity index (χ0v) is 12.4. The van der Waals surface area contributed by atoms with Gasteiger partial charge in [0.05, 0.1) is 23.8 Å². The monoisotopic (exact) mass is 281 g/mol. The maximum atomic E-state index is 12.6. The number of aliphatic hydroxyl groups is 1. The Morgan fingerprint density at radius 3 is 2.80 bits per heavy atom. The number of carbonyl (C=O) groups is 1. The standard InChI is InChI=1S/C15H27N3O2/c1-2-6-12-11(9-10-16)15(20)18(17-12)13-7-4-3-5-8-14(13)19/h11,13-14,19H,2-10,16H2,1H3. The third kappa shape index (κ3) is 3.20. The Balaban J connectivity index is 2.15. The predicted octanol–water partition coefficient (Wildman–Crippen LogP) is 1.64. The van der Waals surface area contributed by atoms with Crippen molar-refractivity contribution >= 4 is 11.6 Å². The summed E-state index contributed by atoms with van der Waals surface area (Å²) in [6.45, 7) is 2.59. The van der Waals surface area contributed by atoms with E-state index in [2.05, 4.69) is 12.0 Å². The fourth-order valence-corrected chi connectivity index (χ4v) is 3.29. The van der Waals surface area contributed by atoms with Gasteiger partial charge in [0.2, 0.25) is 0 Å². The third-order valence-electron chi connectivity index (χ3n) is 4.38. The van der Waals surface area contributed by atoms with Crippen molar-refractivity contribution < 1.29 is 9.90 Å². The Morgan fingerprint density at radius 2 is 2.10 bits per heavy atom. The molecule has 0 saturated heterocycles. The van der Waals surface area contributed by atoms with Crippen molar-refractivity contribution in [1.82, 2.24) is 5.01 Å². The molecule has 3 unspecified atom stereocenters. The van der Waals surface area contributed by atoms with E-state index in [0.29, 0.717) is 13.0 Å². The number of nitrogens with zero attached hydrogens (tertiary/aromatic N) is 2. The van der Waals surface area contributed by atoms with Gasteiger partial charge in [-0.1, -0.05) is 32.6 Å². The molecule has 2 rings (SSSR count). The van der Waals surface area contributed by atoms with Crippen LogP contribution in [0.5, 0.6) is 0 Å². The van der Waals surface area contributed by atoms with Crippen molar-refractivity contribution in [2.45, 2.75) is 70.4 Å². The maximum absolute atomic E-state index is 12.6. The first-order valence-corrected chi connectivity index (χ1v) is 7.97. The molecular weight excluding hydrogens is 254 g/mol. The van der Waals surface area contributed by atoms with Gasteiger partial charge in [0, 0.05) is 0 Å². The second-order valence-corrected chi connectivity index (χ2v) is 5.93. The fourth-order valence-electron chi connectivity index (χ4n) is 3.29. The lowest BCUT2D eigenvalue weighted by Gasteiger charge is -2.28. The van der Waals surface area contributed by atoms with Crippen molar-refractivity contribution in [1.29, 1.82) is 0 Å². The van der Waals surface area contributed by atoms with Gasteiger partial charge in [0.15, 0.2) is 0 Å². The molecule has 0 bridgehead atoms. The zero-order valence-electron chi connectivity index (χ0n) is 12.4. The molecule has 114 valence electrons. The Labute approximate surface area is 121 Å². The normalized spacial score (nSPS) is 31.4. The molecule has 0 aromatic heterocycles. The summed E-state index contributed by atoms with van der Waals surface area (Å²) in [6, 6.07) is -0.139. The van der Waals surface area contributed by atoms with Crippen molar-refractivity contribution in [2.75, 3.05) is 6.54 Å². The molecule has 1 saturated carbocycles. The van der Waals surface area contributed by atoms with Crippen LogP contribution in [-0.2, 0) is 4.79 Å². The summed E-state index contributed by atoms with van der Waals surface area (Å²) >= 11 is 0. The van der Waals surface area contributed by atoms with Crippen LogP contribution in [0.4, 0.5) is 0 Å². The largest absolute Gasteiger partial charge is 0.391 e. The molecule has 3 N–H and O–H groups in total. The first-order chi connectivity index (χ1) is 9.69. The zero-order chi connectivity index (χ0) is 14.5. The first kappa shape index (κ1) is 15.4. The molecule has 0 spiro atoms. The average molecular weight is 281 g/mol. The second-order valence-electron chi connectivity index (χ2n) is 5.93. The SMILES string of the molecule is CCCC1=NN(C2CCCCCC2O)C(=O)C1CCN. The van der Waals surface area contributed by atoms with E-state index in [9.17, 15) is 9.90 Å². The second kappa shape index (κ2) is 7.18. The summed E-state index contributed by atoms with van der Waals surface area (Å²) in [6.07, 6.45) is 6.90. The van der Waals surface area contributed by atoms with Crippen LogP contribution < -0.4 is 5.73 Å². The molecule has 1 heterocycles. The highest BCUT2D eigenvalue weighted by molar-refractivity contribution is 6.08. The van der Waals surface area contributed by atoms with Gasteiger partial charge >= 0.3 is 0 Å². The lowest BCUT2D eigenvalue weighted by atomic mass is 9.95. The van der Waals surface area contributed by atoms with Crippen LogP contribution in [0.15, 0.2) is 5.10 Å². The molecule has 1 aliphatic heterocycles. The number of aliphatic hydroxyl groups excluding tert-OH is 1. The van der Waals surface area contributed by atoms with Gasteiger partial charge in [-0.2, -0.15) is 5.10 Å². The van der Waals surface area contributed by atoms with Crippen molar-refractivity contribution in [3.8, 4) is 0 Å². The molecule has 0 aromatic rings. The quantitative estimate of drug-likeness (QED) is 0.752. The van der Waals surface area contributed by atoms with E-state index in [1.165, 1.54) is 0 Å². The molecule has 3 atom stereocenters. The molecule has 0 radical (unpaired) electrons. The lowest BCUT2D eigenvalue weighted by Crippen LogP contribution is -2.43. The number of hydrazone groups is 1. The molecule has 0 aromatic carbocycles. The van der Waals surface area contributed by atoms with Gasteiger partial charge in [-0.15, -0.1) is 0 Å². The summed E-state index contributed by atoms with van der Waals surface area (Å²) in [5.74, 6) is -0.111. The highest BCUT2D eigenvalue weighted by Crippen LogP contribution is 2.29. The summed E-state index contributed by atoms with van der Waals surface area (Å²) < 4.78 is 0. The van der Waals surface area contributed by atoms with Crippen LogP contribution in [0, 0.1) is 5.92 Å². The third-order valence-corrected chi connectivity index (χ3v) is 4.38. The Morgan fingerprint density at radius 1 is 1.35 bits per heavy atom. The summed E-state index contributed by atoms with van der Waals surface area (Å²) in [7, 11) is 0. The van der Waals surface area contributed by atoms with Gasteiger partial charge in [0.1, 0.15) is 0 Å². The number of rotatable bonds is 5. The van der Waals surface area contributed by atoms with Gasteiger partial charge < -0.3 is 10.8 Å². The topological polar surface area (TPSA) is 78.9 Å². The van der Waals surface area contributed by atoms with Gasteiger partial charge in [-0.3, -0.25) is 4.79 Å². The Kier molecular flexibility index (Phi) is 5.54. The number of amides is 1. The molecule has 20 heavy (non-hydrogen) atoms. The molecular formula is C15H27N3O2. The molecule has 2 aliphatic rings. The van der Waals surface area contributed by atoms with E-state index < -0.39 is 6.10 Å². The average Bonchev–Trinajstić information content (AvgIpc) is 2.62.